The molecule has 0 saturated carbocycles. The molecule has 1 aliphatic carbocycles. The second-order valence-electron chi connectivity index (χ2n) is 17.4. The van der Waals surface area contributed by atoms with Gasteiger partial charge in [0.1, 0.15) is 11.2 Å². The monoisotopic (exact) mass is 831 g/mol. The van der Waals surface area contributed by atoms with Crippen LogP contribution in [0.4, 0.5) is 17.1 Å². The molecule has 1 aromatic heterocycles. The first-order valence-corrected chi connectivity index (χ1v) is 22.5. The summed E-state index contributed by atoms with van der Waals surface area (Å²) in [7, 11) is 0. The molecule has 1 aliphatic rings. The lowest BCUT2D eigenvalue weighted by atomic mass is 9.67. The molecule has 0 radical (unpaired) electrons. The van der Waals surface area contributed by atoms with Crippen LogP contribution < -0.4 is 4.90 Å². The summed E-state index contributed by atoms with van der Waals surface area (Å²) in [6.07, 6.45) is 0. The molecule has 0 atom stereocenters. The number of anilines is 3. The van der Waals surface area contributed by atoms with E-state index in [9.17, 15) is 0 Å². The Bertz CT molecular complexity index is 3460. The van der Waals surface area contributed by atoms with E-state index in [0.29, 0.717) is 0 Å². The molecule has 1 heterocycles. The third-order valence-corrected chi connectivity index (χ3v) is 13.5. The molecular formula is C63H45NO. The summed E-state index contributed by atoms with van der Waals surface area (Å²) in [6, 6.07) is 86.6. The van der Waals surface area contributed by atoms with E-state index >= 15 is 0 Å². The molecule has 308 valence electrons. The van der Waals surface area contributed by atoms with Crippen LogP contribution >= 0.6 is 0 Å². The molecule has 2 heteroatoms. The average Bonchev–Trinajstić information content (AvgIpc) is 3.90. The number of benzene rings is 10. The standard InChI is InChI=1S/C63H45NO/c1-42-22-34-49(35-23-42)63(50-36-24-43(2)25-37-50)57-18-8-6-15-56(57)61-58(63)19-11-20-59(61)64(51-38-30-47(31-39-51)46-28-26-45(27-29-46)44-12-4-3-5-13-44)52-40-32-48(33-41-52)53-16-10-17-55-54-14-7-9-21-60(54)65-62(53)55/h3-41H,1-2H3. The number of hydrogen-bond donors (Lipinski definition) is 0. The Labute approximate surface area is 380 Å². The SMILES string of the molecule is Cc1ccc(C2(c3ccc(C)cc3)c3ccccc3-c3c(N(c4ccc(-c5ccc(-c6ccccc6)cc5)cc4)c4ccc(-c5cccc6c5oc5ccccc56)cc4)cccc32)cc1. The number of rotatable bonds is 8. The van der Waals surface area contributed by atoms with Gasteiger partial charge in [0.05, 0.1) is 11.1 Å². The van der Waals surface area contributed by atoms with Crippen molar-refractivity contribution in [3.8, 4) is 44.5 Å². The summed E-state index contributed by atoms with van der Waals surface area (Å²) in [4.78, 5) is 2.45. The van der Waals surface area contributed by atoms with Gasteiger partial charge in [0.25, 0.3) is 0 Å². The van der Waals surface area contributed by atoms with Crippen molar-refractivity contribution in [3.63, 3.8) is 0 Å². The van der Waals surface area contributed by atoms with Crippen LogP contribution in [-0.4, -0.2) is 0 Å². The van der Waals surface area contributed by atoms with Crippen molar-refractivity contribution in [2.24, 2.45) is 0 Å². The molecule has 2 nitrogen and oxygen atoms in total. The Balaban J connectivity index is 1.04. The number of fused-ring (bicyclic) bond motifs is 6. The topological polar surface area (TPSA) is 16.4 Å². The number of aryl methyl sites for hydroxylation is 2. The minimum atomic E-state index is -0.528. The maximum atomic E-state index is 6.51. The zero-order chi connectivity index (χ0) is 43.5. The lowest BCUT2D eigenvalue weighted by Crippen LogP contribution is -2.28. The number of hydrogen-bond acceptors (Lipinski definition) is 2. The van der Waals surface area contributed by atoms with Gasteiger partial charge < -0.3 is 9.32 Å². The van der Waals surface area contributed by atoms with E-state index in [0.717, 1.165) is 50.1 Å². The molecule has 0 amide bonds. The molecule has 0 fully saturated rings. The molecular weight excluding hydrogens is 787 g/mol. The lowest BCUT2D eigenvalue weighted by molar-refractivity contribution is 0.670. The molecule has 11 aromatic rings. The Kier molecular flexibility index (Phi) is 9.21. The van der Waals surface area contributed by atoms with Crippen molar-refractivity contribution in [1.82, 2.24) is 0 Å². The van der Waals surface area contributed by atoms with Gasteiger partial charge in [0, 0.05) is 33.3 Å². The fourth-order valence-corrected chi connectivity index (χ4v) is 10.4. The summed E-state index contributed by atoms with van der Waals surface area (Å²) >= 11 is 0. The van der Waals surface area contributed by atoms with Gasteiger partial charge in [-0.05, 0) is 106 Å². The van der Waals surface area contributed by atoms with Gasteiger partial charge in [-0.1, -0.05) is 211 Å². The normalized spacial score (nSPS) is 12.6. The van der Waals surface area contributed by atoms with Crippen LogP contribution in [0, 0.1) is 13.8 Å². The van der Waals surface area contributed by atoms with Crippen molar-refractivity contribution in [3.05, 3.63) is 270 Å². The fourth-order valence-electron chi connectivity index (χ4n) is 10.4. The Morgan fingerprint density at radius 2 is 0.831 bits per heavy atom. The van der Waals surface area contributed by atoms with Gasteiger partial charge in [-0.25, -0.2) is 0 Å². The average molecular weight is 832 g/mol. The third-order valence-electron chi connectivity index (χ3n) is 13.5. The van der Waals surface area contributed by atoms with Crippen molar-refractivity contribution in [1.29, 1.82) is 0 Å². The van der Waals surface area contributed by atoms with E-state index in [-0.39, 0.29) is 0 Å². The summed E-state index contributed by atoms with van der Waals surface area (Å²) in [5, 5.41) is 2.26. The van der Waals surface area contributed by atoms with Gasteiger partial charge in [-0.3, -0.25) is 0 Å². The van der Waals surface area contributed by atoms with Gasteiger partial charge >= 0.3 is 0 Å². The minimum Gasteiger partial charge on any atom is -0.455 e. The van der Waals surface area contributed by atoms with Crippen LogP contribution in [0.2, 0.25) is 0 Å². The Morgan fingerprint density at radius 3 is 1.48 bits per heavy atom. The summed E-state index contributed by atoms with van der Waals surface area (Å²) in [5.74, 6) is 0. The molecule has 0 saturated heterocycles. The molecule has 0 bridgehead atoms. The van der Waals surface area contributed by atoms with E-state index in [2.05, 4.69) is 243 Å². The highest BCUT2D eigenvalue weighted by atomic mass is 16.3. The first-order chi connectivity index (χ1) is 32.0. The van der Waals surface area contributed by atoms with Gasteiger partial charge in [0.15, 0.2) is 0 Å². The molecule has 10 aromatic carbocycles. The van der Waals surface area contributed by atoms with Crippen molar-refractivity contribution >= 4 is 39.0 Å². The predicted molar refractivity (Wildman–Crippen MR) is 271 cm³/mol. The maximum absolute atomic E-state index is 6.51. The van der Waals surface area contributed by atoms with Crippen LogP contribution in [0.1, 0.15) is 33.4 Å². The molecule has 0 N–H and O–H groups in total. The highest BCUT2D eigenvalue weighted by molar-refractivity contribution is 6.09. The predicted octanol–water partition coefficient (Wildman–Crippen LogP) is 17.0. The van der Waals surface area contributed by atoms with Gasteiger partial charge in [-0.15, -0.1) is 0 Å². The number of furan rings is 1. The van der Waals surface area contributed by atoms with Gasteiger partial charge in [0.2, 0.25) is 0 Å². The van der Waals surface area contributed by atoms with E-state index in [1.54, 1.807) is 0 Å². The minimum absolute atomic E-state index is 0.528. The third kappa shape index (κ3) is 6.32. The zero-order valence-electron chi connectivity index (χ0n) is 36.4. The largest absolute Gasteiger partial charge is 0.455 e. The molecule has 12 rings (SSSR count). The van der Waals surface area contributed by atoms with Crippen molar-refractivity contribution in [2.75, 3.05) is 4.90 Å². The first-order valence-electron chi connectivity index (χ1n) is 22.5. The second-order valence-corrected chi connectivity index (χ2v) is 17.4. The smallest absolute Gasteiger partial charge is 0.143 e. The highest BCUT2D eigenvalue weighted by Gasteiger charge is 2.47. The second kappa shape index (κ2) is 15.6. The summed E-state index contributed by atoms with van der Waals surface area (Å²) in [6.45, 7) is 4.34. The van der Waals surface area contributed by atoms with E-state index in [4.69, 9.17) is 4.42 Å². The van der Waals surface area contributed by atoms with Crippen molar-refractivity contribution < 1.29 is 4.42 Å². The van der Waals surface area contributed by atoms with Crippen LogP contribution in [0.5, 0.6) is 0 Å². The first kappa shape index (κ1) is 38.5. The molecule has 0 spiro atoms. The van der Waals surface area contributed by atoms with Crippen LogP contribution in [0.25, 0.3) is 66.4 Å². The zero-order valence-corrected chi connectivity index (χ0v) is 36.4. The van der Waals surface area contributed by atoms with Crippen molar-refractivity contribution in [2.45, 2.75) is 19.3 Å². The van der Waals surface area contributed by atoms with E-state index in [1.165, 1.54) is 66.8 Å². The molecule has 0 unspecified atom stereocenters. The van der Waals surface area contributed by atoms with Crippen LogP contribution in [0.3, 0.4) is 0 Å². The quantitative estimate of drug-likeness (QED) is 0.152. The van der Waals surface area contributed by atoms with E-state index in [1.807, 2.05) is 12.1 Å². The van der Waals surface area contributed by atoms with Crippen LogP contribution in [-0.2, 0) is 5.41 Å². The maximum Gasteiger partial charge on any atom is 0.143 e. The molecule has 65 heavy (non-hydrogen) atoms. The van der Waals surface area contributed by atoms with E-state index < -0.39 is 5.41 Å². The number of nitrogens with zero attached hydrogens (tertiary/aromatic N) is 1. The Hall–Kier alpha value is -8.20. The summed E-state index contributed by atoms with van der Waals surface area (Å²) in [5.41, 5.74) is 21.6. The lowest BCUT2D eigenvalue weighted by Gasteiger charge is -2.34. The fraction of sp³-hybridized carbons (Fsp3) is 0.0476. The highest BCUT2D eigenvalue weighted by Crippen LogP contribution is 2.59. The van der Waals surface area contributed by atoms with Gasteiger partial charge in [-0.2, -0.15) is 0 Å². The molecule has 0 aliphatic heterocycles. The summed E-state index contributed by atoms with van der Waals surface area (Å²) < 4.78 is 6.51. The Morgan fingerprint density at radius 1 is 0.354 bits per heavy atom. The van der Waals surface area contributed by atoms with Crippen LogP contribution in [0.15, 0.2) is 241 Å². The number of para-hydroxylation sites is 2.